The van der Waals surface area contributed by atoms with Crippen molar-refractivity contribution in [2.75, 3.05) is 26.7 Å². The summed E-state index contributed by atoms with van der Waals surface area (Å²) in [7, 11) is -6.22. The summed E-state index contributed by atoms with van der Waals surface area (Å²) >= 11 is 0. The van der Waals surface area contributed by atoms with Crippen molar-refractivity contribution >= 4 is 36.7 Å². The van der Waals surface area contributed by atoms with Gasteiger partial charge in [-0.1, -0.05) is 48.0 Å². The average molecular weight is 476 g/mol. The van der Waals surface area contributed by atoms with Crippen LogP contribution in [0.4, 0.5) is 0 Å². The summed E-state index contributed by atoms with van der Waals surface area (Å²) in [5.41, 5.74) is 0.943. The van der Waals surface area contributed by atoms with Gasteiger partial charge in [-0.2, -0.15) is 4.31 Å². The number of nitrogens with one attached hydrogen (secondary N) is 2. The smallest absolute Gasteiger partial charge is 0.243 e. The van der Waals surface area contributed by atoms with Crippen molar-refractivity contribution in [2.45, 2.75) is 16.7 Å². The molecular formula is C22H25N3O5S2. The molecule has 0 aliphatic carbocycles. The predicted molar refractivity (Wildman–Crippen MR) is 123 cm³/mol. The molecule has 0 bridgehead atoms. The zero-order valence-corrected chi connectivity index (χ0v) is 19.4. The average Bonchev–Trinajstić information content (AvgIpc) is 2.76. The highest BCUT2D eigenvalue weighted by Crippen LogP contribution is 2.21. The molecule has 0 spiro atoms. The second-order valence-corrected chi connectivity index (χ2v) is 11.1. The number of carbonyl (C=O) groups is 1. The summed E-state index contributed by atoms with van der Waals surface area (Å²) in [5, 5.41) is 4.23. The lowest BCUT2D eigenvalue weighted by Crippen LogP contribution is -2.41. The van der Waals surface area contributed by atoms with Gasteiger partial charge in [-0.25, -0.2) is 21.6 Å². The van der Waals surface area contributed by atoms with Gasteiger partial charge >= 0.3 is 0 Å². The Balaban J connectivity index is 1.53. The number of rotatable bonds is 9. The van der Waals surface area contributed by atoms with Crippen molar-refractivity contribution in [1.82, 2.24) is 14.3 Å². The Morgan fingerprint density at radius 1 is 0.844 bits per heavy atom. The van der Waals surface area contributed by atoms with Crippen LogP contribution in [0.25, 0.3) is 10.8 Å². The SMILES string of the molecule is Cc1ccc(S(=O)(=O)NCCNC(=O)CN(C)S(=O)(=O)c2ccc3ccccc3c2)cc1. The van der Waals surface area contributed by atoms with Crippen molar-refractivity contribution in [3.05, 3.63) is 72.3 Å². The van der Waals surface area contributed by atoms with Gasteiger partial charge in [0.1, 0.15) is 0 Å². The van der Waals surface area contributed by atoms with Crippen LogP contribution in [0, 0.1) is 6.92 Å². The van der Waals surface area contributed by atoms with Crippen LogP contribution in [0.15, 0.2) is 76.5 Å². The molecule has 3 aromatic carbocycles. The fourth-order valence-corrected chi connectivity index (χ4v) is 5.23. The molecule has 0 aliphatic rings. The molecule has 0 atom stereocenters. The molecule has 0 unspecified atom stereocenters. The molecule has 0 aromatic heterocycles. The van der Waals surface area contributed by atoms with E-state index in [-0.39, 0.29) is 29.4 Å². The van der Waals surface area contributed by atoms with Gasteiger partial charge in [-0.3, -0.25) is 4.79 Å². The molecule has 170 valence electrons. The molecule has 0 fully saturated rings. The first-order valence-electron chi connectivity index (χ1n) is 9.88. The minimum atomic E-state index is -3.86. The molecule has 32 heavy (non-hydrogen) atoms. The summed E-state index contributed by atoms with van der Waals surface area (Å²) in [5.74, 6) is -0.536. The number of hydrogen-bond acceptors (Lipinski definition) is 5. The first-order valence-corrected chi connectivity index (χ1v) is 12.8. The number of benzene rings is 3. The quantitative estimate of drug-likeness (QED) is 0.459. The van der Waals surface area contributed by atoms with Crippen molar-refractivity contribution < 1.29 is 21.6 Å². The van der Waals surface area contributed by atoms with Crippen LogP contribution in [0.5, 0.6) is 0 Å². The van der Waals surface area contributed by atoms with Crippen LogP contribution in [0.3, 0.4) is 0 Å². The van der Waals surface area contributed by atoms with Gasteiger partial charge in [0.05, 0.1) is 16.3 Å². The summed E-state index contributed by atoms with van der Waals surface area (Å²) in [6.07, 6.45) is 0. The Hall–Kier alpha value is -2.79. The van der Waals surface area contributed by atoms with E-state index in [4.69, 9.17) is 0 Å². The monoisotopic (exact) mass is 475 g/mol. The number of carbonyl (C=O) groups excluding carboxylic acids is 1. The molecule has 10 heteroatoms. The number of likely N-dealkylation sites (N-methyl/N-ethyl adjacent to an activating group) is 1. The third kappa shape index (κ3) is 5.71. The first-order chi connectivity index (χ1) is 15.1. The lowest BCUT2D eigenvalue weighted by Gasteiger charge is -2.17. The minimum Gasteiger partial charge on any atom is -0.354 e. The maximum absolute atomic E-state index is 12.8. The van der Waals surface area contributed by atoms with Crippen LogP contribution < -0.4 is 10.0 Å². The first kappa shape index (κ1) is 23.9. The van der Waals surface area contributed by atoms with Gasteiger partial charge in [0, 0.05) is 20.1 Å². The third-order valence-corrected chi connectivity index (χ3v) is 8.14. The standard InChI is InChI=1S/C22H25N3O5S2/c1-17-7-10-20(11-8-17)31(27,28)24-14-13-23-22(26)16-25(2)32(29,30)21-12-9-18-5-3-4-6-19(18)15-21/h3-12,15,24H,13-14,16H2,1-2H3,(H,23,26). The maximum Gasteiger partial charge on any atom is 0.243 e. The normalized spacial score (nSPS) is 12.2. The molecule has 8 nitrogen and oxygen atoms in total. The Kier molecular flexibility index (Phi) is 7.29. The van der Waals surface area contributed by atoms with E-state index >= 15 is 0 Å². The Morgan fingerprint density at radius 3 is 2.16 bits per heavy atom. The van der Waals surface area contributed by atoms with Crippen LogP contribution in [0.1, 0.15) is 5.56 Å². The van der Waals surface area contributed by atoms with Crippen LogP contribution >= 0.6 is 0 Å². The fourth-order valence-electron chi connectivity index (χ4n) is 3.04. The van der Waals surface area contributed by atoms with E-state index in [0.29, 0.717) is 0 Å². The zero-order chi connectivity index (χ0) is 23.4. The molecule has 2 N–H and O–H groups in total. The fraction of sp³-hybridized carbons (Fsp3) is 0.227. The third-order valence-electron chi connectivity index (χ3n) is 4.87. The number of sulfonamides is 2. The van der Waals surface area contributed by atoms with Crippen LogP contribution in [0.2, 0.25) is 0 Å². The van der Waals surface area contributed by atoms with E-state index in [1.807, 2.05) is 31.2 Å². The second-order valence-electron chi connectivity index (χ2n) is 7.33. The highest BCUT2D eigenvalue weighted by Gasteiger charge is 2.23. The Labute approximate surface area is 188 Å². The van der Waals surface area contributed by atoms with Crippen LogP contribution in [-0.2, 0) is 24.8 Å². The van der Waals surface area contributed by atoms with Gasteiger partial charge in [0.2, 0.25) is 26.0 Å². The largest absolute Gasteiger partial charge is 0.354 e. The molecule has 0 heterocycles. The van der Waals surface area contributed by atoms with Crippen LogP contribution in [-0.4, -0.2) is 53.7 Å². The second kappa shape index (κ2) is 9.78. The molecule has 0 aliphatic heterocycles. The van der Waals surface area contributed by atoms with Crippen molar-refractivity contribution in [1.29, 1.82) is 0 Å². The highest BCUT2D eigenvalue weighted by atomic mass is 32.2. The lowest BCUT2D eigenvalue weighted by atomic mass is 10.1. The van der Waals surface area contributed by atoms with Gasteiger partial charge in [0.15, 0.2) is 0 Å². The predicted octanol–water partition coefficient (Wildman–Crippen LogP) is 1.86. The molecular weight excluding hydrogens is 450 g/mol. The topological polar surface area (TPSA) is 113 Å². The van der Waals surface area contributed by atoms with Gasteiger partial charge < -0.3 is 5.32 Å². The van der Waals surface area contributed by atoms with E-state index in [0.717, 1.165) is 20.6 Å². The van der Waals surface area contributed by atoms with E-state index in [1.165, 1.54) is 25.2 Å². The molecule has 0 radical (unpaired) electrons. The molecule has 1 amide bonds. The van der Waals surface area contributed by atoms with Gasteiger partial charge in [0.25, 0.3) is 0 Å². The highest BCUT2D eigenvalue weighted by molar-refractivity contribution is 7.89. The summed E-state index contributed by atoms with van der Waals surface area (Å²) in [6, 6.07) is 18.6. The van der Waals surface area contributed by atoms with Gasteiger partial charge in [-0.15, -0.1) is 0 Å². The zero-order valence-electron chi connectivity index (χ0n) is 17.8. The number of hydrogen-bond donors (Lipinski definition) is 2. The minimum absolute atomic E-state index is 0.0216. The number of aryl methyl sites for hydroxylation is 1. The Bertz CT molecular complexity index is 1320. The van der Waals surface area contributed by atoms with Gasteiger partial charge in [-0.05, 0) is 42.0 Å². The summed E-state index contributed by atoms with van der Waals surface area (Å²) in [6.45, 7) is 1.47. The van der Waals surface area contributed by atoms with Crippen molar-refractivity contribution in [3.63, 3.8) is 0 Å². The van der Waals surface area contributed by atoms with E-state index in [2.05, 4.69) is 10.0 Å². The number of fused-ring (bicyclic) bond motifs is 1. The van der Waals surface area contributed by atoms with E-state index < -0.39 is 26.0 Å². The summed E-state index contributed by atoms with van der Waals surface area (Å²) in [4.78, 5) is 12.4. The lowest BCUT2D eigenvalue weighted by molar-refractivity contribution is -0.121. The van der Waals surface area contributed by atoms with Crippen molar-refractivity contribution in [2.24, 2.45) is 0 Å². The van der Waals surface area contributed by atoms with E-state index in [1.54, 1.807) is 24.3 Å². The summed E-state index contributed by atoms with van der Waals surface area (Å²) < 4.78 is 53.5. The molecule has 3 aromatic rings. The molecule has 3 rings (SSSR count). The molecule has 0 saturated carbocycles. The van der Waals surface area contributed by atoms with Crippen molar-refractivity contribution in [3.8, 4) is 0 Å². The number of nitrogens with zero attached hydrogens (tertiary/aromatic N) is 1. The Morgan fingerprint density at radius 2 is 1.47 bits per heavy atom. The number of amides is 1. The molecule has 0 saturated heterocycles. The maximum atomic E-state index is 12.8. The van der Waals surface area contributed by atoms with E-state index in [9.17, 15) is 21.6 Å².